The zero-order valence-corrected chi connectivity index (χ0v) is 18.1. The molecule has 29 heavy (non-hydrogen) atoms. The van der Waals surface area contributed by atoms with Crippen LogP contribution in [0.5, 0.6) is 11.5 Å². The Kier molecular flexibility index (Phi) is 7.97. The van der Waals surface area contributed by atoms with Crippen LogP contribution in [0.15, 0.2) is 12.1 Å². The minimum absolute atomic E-state index is 0.00397. The number of phenols is 1. The van der Waals surface area contributed by atoms with E-state index in [0.717, 1.165) is 30.6 Å². The zero-order valence-electron chi connectivity index (χ0n) is 18.1. The van der Waals surface area contributed by atoms with E-state index in [1.807, 2.05) is 0 Å². The first-order chi connectivity index (χ1) is 14.0. The highest BCUT2D eigenvalue weighted by Gasteiger charge is 2.31. The summed E-state index contributed by atoms with van der Waals surface area (Å²) >= 11 is 0. The van der Waals surface area contributed by atoms with Crippen molar-refractivity contribution in [1.82, 2.24) is 0 Å². The second kappa shape index (κ2) is 10.4. The molecule has 0 aliphatic heterocycles. The molecule has 0 atom stereocenters. The summed E-state index contributed by atoms with van der Waals surface area (Å²) in [5.74, 6) is 1.43. The van der Waals surface area contributed by atoms with E-state index in [4.69, 9.17) is 4.74 Å². The highest BCUT2D eigenvalue weighted by atomic mass is 19.1. The van der Waals surface area contributed by atoms with Crippen LogP contribution in [0.3, 0.4) is 0 Å². The molecule has 0 unspecified atom stereocenters. The lowest BCUT2D eigenvalue weighted by Gasteiger charge is -2.37. The smallest absolute Gasteiger partial charge is 0.207 e. The molecule has 1 aromatic carbocycles. The number of hydrogen-bond acceptors (Lipinski definition) is 3. The number of halogens is 1. The van der Waals surface area contributed by atoms with Crippen LogP contribution in [-0.2, 0) is 0 Å². The van der Waals surface area contributed by atoms with E-state index in [1.165, 1.54) is 63.5 Å². The fourth-order valence-electron chi connectivity index (χ4n) is 5.63. The highest BCUT2D eigenvalue weighted by Crippen LogP contribution is 2.43. The minimum Gasteiger partial charge on any atom is -0.504 e. The number of aromatic hydroxyl groups is 1. The molecular formula is C25H37FO3. The van der Waals surface area contributed by atoms with Crippen molar-refractivity contribution in [2.24, 2.45) is 23.7 Å². The highest BCUT2D eigenvalue weighted by molar-refractivity contribution is 5.99. The molecule has 1 N–H and O–H groups in total. The normalized spacial score (nSPS) is 27.6. The van der Waals surface area contributed by atoms with Crippen molar-refractivity contribution in [2.45, 2.75) is 84.5 Å². The van der Waals surface area contributed by atoms with Gasteiger partial charge in [-0.05, 0) is 81.3 Å². The first kappa shape index (κ1) is 22.1. The van der Waals surface area contributed by atoms with E-state index in [-0.39, 0.29) is 17.1 Å². The van der Waals surface area contributed by atoms with Gasteiger partial charge in [0.25, 0.3) is 0 Å². The summed E-state index contributed by atoms with van der Waals surface area (Å²) in [6.45, 7) is 4.35. The van der Waals surface area contributed by atoms with E-state index in [0.29, 0.717) is 18.9 Å². The van der Waals surface area contributed by atoms with Crippen LogP contribution in [-0.4, -0.2) is 17.5 Å². The van der Waals surface area contributed by atoms with Crippen LogP contribution < -0.4 is 4.74 Å². The molecule has 0 spiro atoms. The largest absolute Gasteiger partial charge is 0.504 e. The fraction of sp³-hybridized carbons (Fsp3) is 0.720. The van der Waals surface area contributed by atoms with Gasteiger partial charge in [0, 0.05) is 6.42 Å². The Balaban J connectivity index is 1.48. The van der Waals surface area contributed by atoms with Gasteiger partial charge in [0.05, 0.1) is 12.2 Å². The number of carbonyl (C=O) groups is 1. The molecule has 0 aromatic heterocycles. The third-order valence-corrected chi connectivity index (χ3v) is 7.30. The van der Waals surface area contributed by atoms with Gasteiger partial charge in [-0.2, -0.15) is 4.39 Å². The Labute approximate surface area is 175 Å². The van der Waals surface area contributed by atoms with Crippen LogP contribution in [0, 0.1) is 29.5 Å². The van der Waals surface area contributed by atoms with Crippen molar-refractivity contribution >= 4 is 5.78 Å². The Hall–Kier alpha value is -1.58. The molecule has 3 nitrogen and oxygen atoms in total. The number of rotatable bonds is 8. The minimum atomic E-state index is -0.833. The van der Waals surface area contributed by atoms with Gasteiger partial charge in [-0.25, -0.2) is 0 Å². The first-order valence-corrected chi connectivity index (χ1v) is 11.7. The summed E-state index contributed by atoms with van der Waals surface area (Å²) in [5.41, 5.74) is 0.0855. The van der Waals surface area contributed by atoms with Crippen molar-refractivity contribution in [3.8, 4) is 11.5 Å². The predicted molar refractivity (Wildman–Crippen MR) is 114 cm³/mol. The monoisotopic (exact) mass is 404 g/mol. The van der Waals surface area contributed by atoms with Crippen LogP contribution in [0.1, 0.15) is 94.8 Å². The maximum Gasteiger partial charge on any atom is 0.207 e. The third kappa shape index (κ3) is 5.52. The number of hydrogen-bond donors (Lipinski definition) is 1. The number of ketones is 1. The summed E-state index contributed by atoms with van der Waals surface area (Å²) in [6.07, 6.45) is 13.3. The lowest BCUT2D eigenvalue weighted by Crippen LogP contribution is -2.26. The Morgan fingerprint density at radius 2 is 1.59 bits per heavy atom. The molecule has 0 bridgehead atoms. The molecule has 4 heteroatoms. The van der Waals surface area contributed by atoms with Gasteiger partial charge in [0.15, 0.2) is 17.3 Å². The Morgan fingerprint density at radius 3 is 2.14 bits per heavy atom. The SMILES string of the molecule is CCCC1CCC(C2CCC(CC(=O)c3ccc(OCC)c(F)c3O)CC2)CC1. The lowest BCUT2D eigenvalue weighted by molar-refractivity contribution is 0.0916. The van der Waals surface area contributed by atoms with E-state index < -0.39 is 11.6 Å². The van der Waals surface area contributed by atoms with Crippen molar-refractivity contribution < 1.29 is 19.0 Å². The quantitative estimate of drug-likeness (QED) is 0.479. The Bertz CT molecular complexity index is 671. The van der Waals surface area contributed by atoms with Crippen LogP contribution in [0.2, 0.25) is 0 Å². The van der Waals surface area contributed by atoms with Crippen LogP contribution >= 0.6 is 0 Å². The summed E-state index contributed by atoms with van der Waals surface area (Å²) in [6, 6.07) is 2.93. The summed E-state index contributed by atoms with van der Waals surface area (Å²) in [5, 5.41) is 10.1. The van der Waals surface area contributed by atoms with Gasteiger partial charge in [-0.1, -0.05) is 32.6 Å². The van der Waals surface area contributed by atoms with Gasteiger partial charge in [-0.3, -0.25) is 4.79 Å². The number of Topliss-reactive ketones (excluding diaryl/α,β-unsaturated/α-hetero) is 1. The van der Waals surface area contributed by atoms with Gasteiger partial charge in [0.2, 0.25) is 5.82 Å². The van der Waals surface area contributed by atoms with Crippen LogP contribution in [0.4, 0.5) is 4.39 Å². The molecule has 2 saturated carbocycles. The summed E-state index contributed by atoms with van der Waals surface area (Å²) < 4.78 is 19.3. The van der Waals surface area contributed by atoms with Gasteiger partial charge in [0.1, 0.15) is 0 Å². The molecule has 0 amide bonds. The van der Waals surface area contributed by atoms with Crippen molar-refractivity contribution in [3.05, 3.63) is 23.5 Å². The lowest BCUT2D eigenvalue weighted by atomic mass is 9.68. The second-order valence-corrected chi connectivity index (χ2v) is 9.18. The molecule has 1 aromatic rings. The number of carbonyl (C=O) groups excluding carboxylic acids is 1. The predicted octanol–water partition coefficient (Wildman–Crippen LogP) is 6.92. The maximum atomic E-state index is 14.2. The topological polar surface area (TPSA) is 46.5 Å². The van der Waals surface area contributed by atoms with Gasteiger partial charge < -0.3 is 9.84 Å². The summed E-state index contributed by atoms with van der Waals surface area (Å²) in [4.78, 5) is 12.7. The summed E-state index contributed by atoms with van der Waals surface area (Å²) in [7, 11) is 0. The molecular weight excluding hydrogens is 367 g/mol. The van der Waals surface area contributed by atoms with Gasteiger partial charge in [-0.15, -0.1) is 0 Å². The van der Waals surface area contributed by atoms with Crippen LogP contribution in [0.25, 0.3) is 0 Å². The third-order valence-electron chi connectivity index (χ3n) is 7.30. The van der Waals surface area contributed by atoms with Crippen molar-refractivity contribution in [1.29, 1.82) is 0 Å². The number of benzene rings is 1. The molecule has 0 radical (unpaired) electrons. The average Bonchev–Trinajstić information content (AvgIpc) is 2.73. The van der Waals surface area contributed by atoms with E-state index in [9.17, 15) is 14.3 Å². The number of phenolic OH excluding ortho intramolecular Hbond substituents is 1. The molecule has 3 rings (SSSR count). The standard InChI is InChI=1S/C25H37FO3/c1-3-5-17-6-10-19(11-7-17)20-12-8-18(9-13-20)16-22(27)21-14-15-23(29-4-2)24(26)25(21)28/h14-15,17-20,28H,3-13,16H2,1-2H3. The average molecular weight is 405 g/mol. The van der Waals surface area contributed by atoms with E-state index in [1.54, 1.807) is 6.92 Å². The molecule has 0 heterocycles. The first-order valence-electron chi connectivity index (χ1n) is 11.7. The second-order valence-electron chi connectivity index (χ2n) is 9.18. The zero-order chi connectivity index (χ0) is 20.8. The number of ether oxygens (including phenoxy) is 1. The molecule has 2 fully saturated rings. The molecule has 0 saturated heterocycles. The van der Waals surface area contributed by atoms with Crippen molar-refractivity contribution in [3.63, 3.8) is 0 Å². The van der Waals surface area contributed by atoms with E-state index in [2.05, 4.69) is 6.92 Å². The Morgan fingerprint density at radius 1 is 1.00 bits per heavy atom. The fourth-order valence-corrected chi connectivity index (χ4v) is 5.63. The molecule has 162 valence electrons. The van der Waals surface area contributed by atoms with E-state index >= 15 is 0 Å². The molecule has 2 aliphatic carbocycles. The van der Waals surface area contributed by atoms with Gasteiger partial charge >= 0.3 is 0 Å². The molecule has 2 aliphatic rings. The van der Waals surface area contributed by atoms with Crippen molar-refractivity contribution in [2.75, 3.05) is 6.61 Å². The maximum absolute atomic E-state index is 14.2.